The zero-order valence-corrected chi connectivity index (χ0v) is 9.32. The molecule has 1 fully saturated rings. The molecule has 0 amide bonds. The Morgan fingerprint density at radius 1 is 1.12 bits per heavy atom. The van der Waals surface area contributed by atoms with Gasteiger partial charge in [-0.25, -0.2) is 0 Å². The van der Waals surface area contributed by atoms with Crippen molar-refractivity contribution in [2.75, 3.05) is 13.2 Å². The zero-order valence-electron chi connectivity index (χ0n) is 9.32. The Balaban J connectivity index is 1.87. The number of hydrogen-bond donors (Lipinski definition) is 1. The smallest absolute Gasteiger partial charge is 0.161 e. The third kappa shape index (κ3) is 1.87. The fraction of sp³-hybridized carbons (Fsp3) is 0.538. The molecule has 2 N–H and O–H groups in total. The van der Waals surface area contributed by atoms with Crippen LogP contribution in [0.3, 0.4) is 0 Å². The minimum atomic E-state index is 0.164. The molecule has 2 aliphatic rings. The van der Waals surface area contributed by atoms with E-state index in [1.165, 1.54) is 18.4 Å². The molecule has 0 saturated heterocycles. The molecule has 1 atom stereocenters. The summed E-state index contributed by atoms with van der Waals surface area (Å²) in [5, 5.41) is 0. The van der Waals surface area contributed by atoms with Gasteiger partial charge in [-0.2, -0.15) is 0 Å². The standard InChI is InChI=1S/C13H17NO2/c14-13(9-2-3-9)10-4-5-11-12(8-10)16-7-1-6-15-11/h4-5,8-9,13H,1-3,6-7,14H2. The molecule has 1 saturated carbocycles. The maximum Gasteiger partial charge on any atom is 0.161 e. The van der Waals surface area contributed by atoms with Crippen LogP contribution in [0.1, 0.15) is 30.9 Å². The summed E-state index contributed by atoms with van der Waals surface area (Å²) in [5.74, 6) is 2.38. The van der Waals surface area contributed by atoms with Gasteiger partial charge in [0.1, 0.15) is 0 Å². The molecule has 1 aliphatic heterocycles. The molecular weight excluding hydrogens is 202 g/mol. The van der Waals surface area contributed by atoms with E-state index in [1.54, 1.807) is 0 Å². The van der Waals surface area contributed by atoms with Gasteiger partial charge in [0.25, 0.3) is 0 Å². The normalized spacial score (nSPS) is 21.3. The first-order valence-corrected chi connectivity index (χ1v) is 6.00. The molecule has 0 radical (unpaired) electrons. The lowest BCUT2D eigenvalue weighted by molar-refractivity contribution is 0.297. The highest BCUT2D eigenvalue weighted by Gasteiger charge is 2.30. The molecular formula is C13H17NO2. The number of rotatable bonds is 2. The van der Waals surface area contributed by atoms with Crippen molar-refractivity contribution < 1.29 is 9.47 Å². The summed E-state index contributed by atoms with van der Waals surface area (Å²) in [7, 11) is 0. The molecule has 1 unspecified atom stereocenters. The third-order valence-electron chi connectivity index (χ3n) is 3.29. The number of hydrogen-bond acceptors (Lipinski definition) is 3. The SMILES string of the molecule is NC(c1ccc2c(c1)OCCCO2)C1CC1. The van der Waals surface area contributed by atoms with E-state index < -0.39 is 0 Å². The van der Waals surface area contributed by atoms with Crippen LogP contribution < -0.4 is 15.2 Å². The summed E-state index contributed by atoms with van der Waals surface area (Å²) < 4.78 is 11.3. The second-order valence-corrected chi connectivity index (χ2v) is 4.62. The van der Waals surface area contributed by atoms with Crippen molar-refractivity contribution in [3.05, 3.63) is 23.8 Å². The Morgan fingerprint density at radius 3 is 2.62 bits per heavy atom. The van der Waals surface area contributed by atoms with Crippen LogP contribution in [-0.2, 0) is 0 Å². The Hall–Kier alpha value is -1.22. The molecule has 86 valence electrons. The monoisotopic (exact) mass is 219 g/mol. The second-order valence-electron chi connectivity index (χ2n) is 4.62. The van der Waals surface area contributed by atoms with Gasteiger partial charge < -0.3 is 15.2 Å². The molecule has 1 aromatic carbocycles. The number of ether oxygens (including phenoxy) is 2. The summed E-state index contributed by atoms with van der Waals surface area (Å²) in [6.45, 7) is 1.47. The minimum Gasteiger partial charge on any atom is -0.490 e. The van der Waals surface area contributed by atoms with Crippen LogP contribution in [0.2, 0.25) is 0 Å². The average molecular weight is 219 g/mol. The van der Waals surface area contributed by atoms with Gasteiger partial charge >= 0.3 is 0 Å². The Kier molecular flexibility index (Phi) is 2.48. The lowest BCUT2D eigenvalue weighted by atomic mass is 10.0. The molecule has 3 rings (SSSR count). The first-order valence-electron chi connectivity index (χ1n) is 6.00. The van der Waals surface area contributed by atoms with E-state index in [0.717, 1.165) is 31.1 Å². The Bertz CT molecular complexity index is 388. The largest absolute Gasteiger partial charge is 0.490 e. The summed E-state index contributed by atoms with van der Waals surface area (Å²) in [6, 6.07) is 6.26. The summed E-state index contributed by atoms with van der Waals surface area (Å²) in [6.07, 6.45) is 3.46. The number of benzene rings is 1. The van der Waals surface area contributed by atoms with Crippen LogP contribution in [-0.4, -0.2) is 13.2 Å². The predicted octanol–water partition coefficient (Wildman–Crippen LogP) is 2.26. The highest BCUT2D eigenvalue weighted by molar-refractivity contribution is 5.44. The fourth-order valence-corrected chi connectivity index (χ4v) is 2.11. The number of nitrogens with two attached hydrogens (primary N) is 1. The van der Waals surface area contributed by atoms with Crippen LogP contribution in [0, 0.1) is 5.92 Å². The zero-order chi connectivity index (χ0) is 11.0. The molecule has 16 heavy (non-hydrogen) atoms. The van der Waals surface area contributed by atoms with E-state index in [2.05, 4.69) is 6.07 Å². The summed E-state index contributed by atoms with van der Waals surface area (Å²) >= 11 is 0. The van der Waals surface area contributed by atoms with E-state index in [4.69, 9.17) is 15.2 Å². The number of fused-ring (bicyclic) bond motifs is 1. The minimum absolute atomic E-state index is 0.164. The summed E-state index contributed by atoms with van der Waals surface area (Å²) in [4.78, 5) is 0. The second kappa shape index (κ2) is 3.98. The van der Waals surface area contributed by atoms with Crippen molar-refractivity contribution in [2.24, 2.45) is 11.7 Å². The molecule has 3 heteroatoms. The lowest BCUT2D eigenvalue weighted by Crippen LogP contribution is -2.12. The third-order valence-corrected chi connectivity index (χ3v) is 3.29. The highest BCUT2D eigenvalue weighted by atomic mass is 16.5. The Labute approximate surface area is 95.5 Å². The van der Waals surface area contributed by atoms with Crippen LogP contribution in [0.5, 0.6) is 11.5 Å². The lowest BCUT2D eigenvalue weighted by Gasteiger charge is -2.14. The van der Waals surface area contributed by atoms with E-state index in [0.29, 0.717) is 5.92 Å². The van der Waals surface area contributed by atoms with Crippen molar-refractivity contribution >= 4 is 0 Å². The van der Waals surface area contributed by atoms with Crippen LogP contribution in [0.4, 0.5) is 0 Å². The van der Waals surface area contributed by atoms with Gasteiger partial charge in [0.15, 0.2) is 11.5 Å². The molecule has 0 aromatic heterocycles. The molecule has 0 spiro atoms. The quantitative estimate of drug-likeness (QED) is 0.829. The van der Waals surface area contributed by atoms with Crippen LogP contribution in [0.15, 0.2) is 18.2 Å². The highest BCUT2D eigenvalue weighted by Crippen LogP contribution is 2.41. The van der Waals surface area contributed by atoms with Gasteiger partial charge in [-0.1, -0.05) is 6.07 Å². The van der Waals surface area contributed by atoms with Crippen LogP contribution >= 0.6 is 0 Å². The van der Waals surface area contributed by atoms with Gasteiger partial charge in [-0.15, -0.1) is 0 Å². The van der Waals surface area contributed by atoms with E-state index >= 15 is 0 Å². The Morgan fingerprint density at radius 2 is 1.88 bits per heavy atom. The van der Waals surface area contributed by atoms with Crippen molar-refractivity contribution in [3.8, 4) is 11.5 Å². The fourth-order valence-electron chi connectivity index (χ4n) is 2.11. The predicted molar refractivity (Wildman–Crippen MR) is 61.7 cm³/mol. The molecule has 3 nitrogen and oxygen atoms in total. The van der Waals surface area contributed by atoms with Gasteiger partial charge in [0.05, 0.1) is 13.2 Å². The first-order chi connectivity index (χ1) is 7.84. The van der Waals surface area contributed by atoms with Crippen molar-refractivity contribution in [1.29, 1.82) is 0 Å². The molecule has 1 heterocycles. The molecule has 0 bridgehead atoms. The summed E-state index contributed by atoms with van der Waals surface area (Å²) in [5.41, 5.74) is 7.35. The van der Waals surface area contributed by atoms with Gasteiger partial charge in [-0.05, 0) is 36.5 Å². The van der Waals surface area contributed by atoms with E-state index in [-0.39, 0.29) is 6.04 Å². The van der Waals surface area contributed by atoms with Gasteiger partial charge in [0, 0.05) is 12.5 Å². The van der Waals surface area contributed by atoms with Crippen LogP contribution in [0.25, 0.3) is 0 Å². The van der Waals surface area contributed by atoms with E-state index in [9.17, 15) is 0 Å². The van der Waals surface area contributed by atoms with Gasteiger partial charge in [0.2, 0.25) is 0 Å². The maximum atomic E-state index is 6.18. The van der Waals surface area contributed by atoms with Crippen molar-refractivity contribution in [2.45, 2.75) is 25.3 Å². The van der Waals surface area contributed by atoms with Crippen molar-refractivity contribution in [1.82, 2.24) is 0 Å². The average Bonchev–Trinajstić information content (AvgIpc) is 3.14. The maximum absolute atomic E-state index is 6.18. The van der Waals surface area contributed by atoms with Crippen molar-refractivity contribution in [3.63, 3.8) is 0 Å². The van der Waals surface area contributed by atoms with E-state index in [1.807, 2.05) is 12.1 Å². The van der Waals surface area contributed by atoms with Gasteiger partial charge in [-0.3, -0.25) is 0 Å². The topological polar surface area (TPSA) is 44.5 Å². The molecule has 1 aliphatic carbocycles. The molecule has 1 aromatic rings. The first kappa shape index (κ1) is 9.97.